The second kappa shape index (κ2) is 16.4. The Balaban J connectivity index is 1.25. The molecule has 9 nitrogen and oxygen atoms in total. The van der Waals surface area contributed by atoms with Crippen molar-refractivity contribution in [3.8, 4) is 0 Å². The Morgan fingerprint density at radius 2 is 1.30 bits per heavy atom. The molecular weight excluding hydrogens is 626 g/mol. The zero-order valence-electron chi connectivity index (χ0n) is 28.3. The maximum atomic E-state index is 14.7. The lowest BCUT2D eigenvalue weighted by atomic mass is 9.92. The van der Waals surface area contributed by atoms with Crippen molar-refractivity contribution in [2.24, 2.45) is 5.92 Å². The molecule has 4 amide bonds. The first-order valence-electron chi connectivity index (χ1n) is 17.5. The Bertz CT molecular complexity index is 1700. The van der Waals surface area contributed by atoms with Crippen molar-refractivity contribution in [1.29, 1.82) is 0 Å². The fraction of sp³-hybridized carbons (Fsp3) is 0.317. The van der Waals surface area contributed by atoms with Crippen LogP contribution in [0.4, 0.5) is 0 Å². The molecule has 0 radical (unpaired) electrons. The Labute approximate surface area is 293 Å². The first-order valence-corrected chi connectivity index (χ1v) is 17.5. The summed E-state index contributed by atoms with van der Waals surface area (Å²) in [6.07, 6.45) is 2.91. The van der Waals surface area contributed by atoms with Crippen molar-refractivity contribution in [3.05, 3.63) is 144 Å². The molecule has 0 spiro atoms. The highest BCUT2D eigenvalue weighted by atomic mass is 16.2. The topological polar surface area (TPSA) is 120 Å². The van der Waals surface area contributed by atoms with E-state index in [9.17, 15) is 19.2 Å². The Kier molecular flexibility index (Phi) is 11.4. The molecule has 50 heavy (non-hydrogen) atoms. The molecule has 0 aliphatic carbocycles. The van der Waals surface area contributed by atoms with Gasteiger partial charge in [0.2, 0.25) is 17.7 Å². The Morgan fingerprint density at radius 3 is 1.90 bits per heavy atom. The van der Waals surface area contributed by atoms with Gasteiger partial charge in [-0.3, -0.25) is 19.2 Å². The molecule has 4 aromatic rings. The number of likely N-dealkylation sites (N-methyl/N-ethyl adjacent to an activating group) is 1. The molecule has 258 valence electrons. The quantitative estimate of drug-likeness (QED) is 0.178. The number of amides is 4. The summed E-state index contributed by atoms with van der Waals surface area (Å²) in [7, 11) is 1.73. The molecule has 4 N–H and O–H groups in total. The van der Waals surface area contributed by atoms with Crippen LogP contribution in [0.25, 0.3) is 0 Å². The summed E-state index contributed by atoms with van der Waals surface area (Å²) in [5.41, 5.74) is 3.40. The van der Waals surface area contributed by atoms with Gasteiger partial charge in [0.15, 0.2) is 0 Å². The average Bonchev–Trinajstić information content (AvgIpc) is 3.55. The smallest absolute Gasteiger partial charge is 0.251 e. The minimum absolute atomic E-state index is 0.149. The molecule has 2 fully saturated rings. The zero-order chi connectivity index (χ0) is 34.9. The van der Waals surface area contributed by atoms with Crippen LogP contribution < -0.4 is 21.3 Å². The molecule has 2 heterocycles. The summed E-state index contributed by atoms with van der Waals surface area (Å²) < 4.78 is 0. The SMILES string of the molecule is CN[C@H](Cc1ccccc1)C(=O)N[C@@H]1C(=O)N2[C@@H](CC[C@@H]1CNC(=O)c1ccccc1)CC[C@H]2C(=O)NC(c1ccccc1)c1ccccc1. The summed E-state index contributed by atoms with van der Waals surface area (Å²) >= 11 is 0. The van der Waals surface area contributed by atoms with Crippen molar-refractivity contribution < 1.29 is 19.2 Å². The predicted molar refractivity (Wildman–Crippen MR) is 193 cm³/mol. The Morgan fingerprint density at radius 1 is 0.740 bits per heavy atom. The van der Waals surface area contributed by atoms with Crippen LogP contribution in [-0.2, 0) is 20.8 Å². The van der Waals surface area contributed by atoms with Gasteiger partial charge in [0.1, 0.15) is 12.1 Å². The van der Waals surface area contributed by atoms with E-state index >= 15 is 0 Å². The second-order valence-electron chi connectivity index (χ2n) is 13.2. The van der Waals surface area contributed by atoms with Crippen LogP contribution in [0.3, 0.4) is 0 Å². The number of rotatable bonds is 12. The lowest BCUT2D eigenvalue weighted by molar-refractivity contribution is -0.143. The monoisotopic (exact) mass is 671 g/mol. The molecule has 2 aliphatic heterocycles. The number of hydrogen-bond acceptors (Lipinski definition) is 5. The first-order chi connectivity index (χ1) is 24.4. The summed E-state index contributed by atoms with van der Waals surface area (Å²) in [5.74, 6) is -1.43. The van der Waals surface area contributed by atoms with E-state index in [-0.39, 0.29) is 42.1 Å². The molecule has 0 unspecified atom stereocenters. The molecule has 9 heteroatoms. The van der Waals surface area contributed by atoms with Crippen molar-refractivity contribution in [1.82, 2.24) is 26.2 Å². The highest BCUT2D eigenvalue weighted by Crippen LogP contribution is 2.35. The minimum Gasteiger partial charge on any atom is -0.352 e. The van der Waals surface area contributed by atoms with Crippen LogP contribution in [0.1, 0.15) is 58.8 Å². The van der Waals surface area contributed by atoms with E-state index in [1.807, 2.05) is 97.1 Å². The molecule has 5 atom stereocenters. The third-order valence-corrected chi connectivity index (χ3v) is 10.0. The van der Waals surface area contributed by atoms with Crippen LogP contribution in [0, 0.1) is 5.92 Å². The molecule has 0 saturated carbocycles. The van der Waals surface area contributed by atoms with Gasteiger partial charge in [-0.1, -0.05) is 109 Å². The van der Waals surface area contributed by atoms with Crippen LogP contribution in [-0.4, -0.2) is 66.3 Å². The van der Waals surface area contributed by atoms with Gasteiger partial charge in [0.05, 0.1) is 12.1 Å². The first kappa shape index (κ1) is 34.6. The van der Waals surface area contributed by atoms with Crippen LogP contribution in [0.5, 0.6) is 0 Å². The fourth-order valence-electron chi connectivity index (χ4n) is 7.33. The molecule has 0 bridgehead atoms. The largest absolute Gasteiger partial charge is 0.352 e. The van der Waals surface area contributed by atoms with Crippen LogP contribution in [0.15, 0.2) is 121 Å². The van der Waals surface area contributed by atoms with Crippen molar-refractivity contribution in [2.75, 3.05) is 13.6 Å². The predicted octanol–water partition coefficient (Wildman–Crippen LogP) is 4.41. The van der Waals surface area contributed by atoms with Gasteiger partial charge in [-0.25, -0.2) is 0 Å². The lowest BCUT2D eigenvalue weighted by Gasteiger charge is -2.33. The number of fused-ring (bicyclic) bond motifs is 1. The molecule has 2 aliphatic rings. The van der Waals surface area contributed by atoms with Gasteiger partial charge < -0.3 is 26.2 Å². The van der Waals surface area contributed by atoms with E-state index < -0.39 is 24.2 Å². The van der Waals surface area contributed by atoms with E-state index in [2.05, 4.69) is 21.3 Å². The standard InChI is InChI=1S/C41H45N5O4/c1-42-34(26-28-14-6-2-7-15-28)39(48)45-37-32(27-43-38(47)31-20-12-5-13-21-31)22-23-33-24-25-35(46(33)41(37)50)40(49)44-36(29-16-8-3-9-17-29)30-18-10-4-11-19-30/h2-21,32-37,42H,22-27H2,1H3,(H,43,47)(H,44,49)(H,45,48)/t32-,33+,34-,35+,37+/m1/s1. The highest BCUT2D eigenvalue weighted by Gasteiger charge is 2.48. The fourth-order valence-corrected chi connectivity index (χ4v) is 7.33. The maximum Gasteiger partial charge on any atom is 0.251 e. The normalized spacial score (nSPS) is 20.8. The average molecular weight is 672 g/mol. The number of nitrogens with one attached hydrogen (secondary N) is 4. The summed E-state index contributed by atoms with van der Waals surface area (Å²) in [5, 5.41) is 12.5. The number of benzene rings is 4. The Hall–Kier alpha value is -5.28. The van der Waals surface area contributed by atoms with Gasteiger partial charge in [0.25, 0.3) is 5.91 Å². The molecular formula is C41H45N5O4. The minimum atomic E-state index is -0.928. The van der Waals surface area contributed by atoms with E-state index in [0.717, 1.165) is 16.7 Å². The zero-order valence-corrected chi connectivity index (χ0v) is 28.3. The molecule has 4 aromatic carbocycles. The van der Waals surface area contributed by atoms with Crippen molar-refractivity contribution in [3.63, 3.8) is 0 Å². The number of nitrogens with zero attached hydrogens (tertiary/aromatic N) is 1. The van der Waals surface area contributed by atoms with E-state index in [0.29, 0.717) is 37.7 Å². The molecule has 2 saturated heterocycles. The van der Waals surface area contributed by atoms with E-state index in [1.165, 1.54) is 0 Å². The van der Waals surface area contributed by atoms with Gasteiger partial charge in [0, 0.05) is 24.1 Å². The van der Waals surface area contributed by atoms with Crippen LogP contribution >= 0.6 is 0 Å². The van der Waals surface area contributed by atoms with Crippen molar-refractivity contribution >= 4 is 23.6 Å². The summed E-state index contributed by atoms with van der Waals surface area (Å²) in [4.78, 5) is 57.5. The van der Waals surface area contributed by atoms with Crippen LogP contribution in [0.2, 0.25) is 0 Å². The summed E-state index contributed by atoms with van der Waals surface area (Å²) in [6.45, 7) is 0.203. The highest BCUT2D eigenvalue weighted by molar-refractivity contribution is 5.95. The number of carbonyl (C=O) groups is 4. The van der Waals surface area contributed by atoms with Gasteiger partial charge in [-0.2, -0.15) is 0 Å². The van der Waals surface area contributed by atoms with Crippen molar-refractivity contribution in [2.45, 2.75) is 62.3 Å². The maximum absolute atomic E-state index is 14.7. The third kappa shape index (κ3) is 8.12. The number of hydrogen-bond donors (Lipinski definition) is 4. The molecule has 6 rings (SSSR count). The van der Waals surface area contributed by atoms with Gasteiger partial charge in [-0.15, -0.1) is 0 Å². The number of carbonyl (C=O) groups excluding carboxylic acids is 4. The summed E-state index contributed by atoms with van der Waals surface area (Å²) in [6, 6.07) is 35.5. The molecule has 0 aromatic heterocycles. The van der Waals surface area contributed by atoms with Gasteiger partial charge in [-0.05, 0) is 68.0 Å². The van der Waals surface area contributed by atoms with Gasteiger partial charge >= 0.3 is 0 Å². The second-order valence-corrected chi connectivity index (χ2v) is 13.2. The lowest BCUT2D eigenvalue weighted by Crippen LogP contribution is -2.59. The third-order valence-electron chi connectivity index (χ3n) is 10.0. The van der Waals surface area contributed by atoms with E-state index in [4.69, 9.17) is 0 Å². The van der Waals surface area contributed by atoms with E-state index in [1.54, 1.807) is 36.2 Å².